The van der Waals surface area contributed by atoms with Gasteiger partial charge in [0.25, 0.3) is 0 Å². The fraction of sp³-hybridized carbons (Fsp3) is 0.524. The highest BCUT2D eigenvalue weighted by Crippen LogP contribution is 2.15. The molecule has 0 spiro atoms. The van der Waals surface area contributed by atoms with E-state index < -0.39 is 0 Å². The molecule has 2 unspecified atom stereocenters. The van der Waals surface area contributed by atoms with Gasteiger partial charge in [0.1, 0.15) is 0 Å². The summed E-state index contributed by atoms with van der Waals surface area (Å²) in [6.07, 6.45) is 0.930. The summed E-state index contributed by atoms with van der Waals surface area (Å²) in [6.45, 7) is 11.6. The quantitative estimate of drug-likeness (QED) is 0.373. The number of nitrogens with one attached hydrogen (secondary N) is 2. The fourth-order valence-electron chi connectivity index (χ4n) is 3.16. The Balaban J connectivity index is 0.00000364. The number of aromatic nitrogens is 2. The molecule has 2 aromatic rings. The standard InChI is InChI=1S/C21H33N5.HI/c1-14-8-10-19(11-9-14)15(2)13-23-21(22-6)24-16(3)12-20-17(4)25-26(7)18(20)5;/h8-11,15-16H,12-13H2,1-7H3,(H2,22,23,24);1H. The average molecular weight is 483 g/mol. The molecule has 0 aliphatic rings. The van der Waals surface area contributed by atoms with Crippen molar-refractivity contribution in [1.29, 1.82) is 0 Å². The molecule has 27 heavy (non-hydrogen) atoms. The first-order chi connectivity index (χ1) is 12.3. The number of aryl methyl sites for hydroxylation is 3. The van der Waals surface area contributed by atoms with Crippen LogP contribution < -0.4 is 10.6 Å². The van der Waals surface area contributed by atoms with Crippen molar-refractivity contribution in [2.24, 2.45) is 12.0 Å². The van der Waals surface area contributed by atoms with E-state index in [1.807, 2.05) is 18.8 Å². The van der Waals surface area contributed by atoms with Crippen molar-refractivity contribution < 1.29 is 0 Å². The normalized spacial score (nSPS) is 13.7. The van der Waals surface area contributed by atoms with E-state index in [4.69, 9.17) is 0 Å². The molecule has 2 N–H and O–H groups in total. The Labute approximate surface area is 181 Å². The number of guanidine groups is 1. The van der Waals surface area contributed by atoms with Crippen LogP contribution in [-0.4, -0.2) is 35.4 Å². The Morgan fingerprint density at radius 2 is 1.78 bits per heavy atom. The Kier molecular flexibility index (Phi) is 9.29. The molecular formula is C21H34IN5. The molecule has 0 fully saturated rings. The Hall–Kier alpha value is -1.57. The second-order valence-electron chi connectivity index (χ2n) is 7.29. The number of hydrogen-bond acceptors (Lipinski definition) is 2. The van der Waals surface area contributed by atoms with Crippen LogP contribution in [0.1, 0.15) is 47.8 Å². The van der Waals surface area contributed by atoms with Gasteiger partial charge in [-0.25, -0.2) is 0 Å². The molecule has 0 aliphatic carbocycles. The van der Waals surface area contributed by atoms with E-state index >= 15 is 0 Å². The highest BCUT2D eigenvalue weighted by molar-refractivity contribution is 14.0. The van der Waals surface area contributed by atoms with Gasteiger partial charge >= 0.3 is 0 Å². The first kappa shape index (κ1) is 23.5. The van der Waals surface area contributed by atoms with Crippen molar-refractivity contribution in [3.8, 4) is 0 Å². The van der Waals surface area contributed by atoms with E-state index in [-0.39, 0.29) is 30.0 Å². The van der Waals surface area contributed by atoms with Crippen LogP contribution in [0.5, 0.6) is 0 Å². The molecule has 0 amide bonds. The average Bonchev–Trinajstić information content (AvgIpc) is 2.85. The first-order valence-corrected chi connectivity index (χ1v) is 9.34. The lowest BCUT2D eigenvalue weighted by Crippen LogP contribution is -2.44. The van der Waals surface area contributed by atoms with Crippen LogP contribution in [0.3, 0.4) is 0 Å². The molecule has 2 atom stereocenters. The summed E-state index contributed by atoms with van der Waals surface area (Å²) < 4.78 is 1.95. The Bertz CT molecular complexity index is 749. The minimum Gasteiger partial charge on any atom is -0.356 e. The number of halogens is 1. The first-order valence-electron chi connectivity index (χ1n) is 9.34. The second-order valence-corrected chi connectivity index (χ2v) is 7.29. The molecule has 5 nitrogen and oxygen atoms in total. The molecule has 0 aliphatic heterocycles. The monoisotopic (exact) mass is 483 g/mol. The molecule has 6 heteroatoms. The summed E-state index contributed by atoms with van der Waals surface area (Å²) in [4.78, 5) is 4.37. The van der Waals surface area contributed by atoms with Crippen LogP contribution in [0.25, 0.3) is 0 Å². The lowest BCUT2D eigenvalue weighted by molar-refractivity contribution is 0.624. The Morgan fingerprint density at radius 3 is 2.30 bits per heavy atom. The van der Waals surface area contributed by atoms with Crippen molar-refractivity contribution >= 4 is 29.9 Å². The van der Waals surface area contributed by atoms with Crippen LogP contribution >= 0.6 is 24.0 Å². The summed E-state index contributed by atoms with van der Waals surface area (Å²) in [5.74, 6) is 1.27. The number of benzene rings is 1. The summed E-state index contributed by atoms with van der Waals surface area (Å²) in [5, 5.41) is 11.5. The third kappa shape index (κ3) is 6.52. The second kappa shape index (κ2) is 10.7. The van der Waals surface area contributed by atoms with Gasteiger partial charge in [-0.05, 0) is 51.2 Å². The molecular weight excluding hydrogens is 449 g/mol. The van der Waals surface area contributed by atoms with Gasteiger partial charge < -0.3 is 10.6 Å². The molecule has 150 valence electrons. The van der Waals surface area contributed by atoms with Crippen LogP contribution in [0.4, 0.5) is 0 Å². The van der Waals surface area contributed by atoms with Crippen molar-refractivity contribution in [2.75, 3.05) is 13.6 Å². The summed E-state index contributed by atoms with van der Waals surface area (Å²) in [5.41, 5.74) is 6.28. The van der Waals surface area contributed by atoms with Crippen LogP contribution in [-0.2, 0) is 13.5 Å². The summed E-state index contributed by atoms with van der Waals surface area (Å²) in [6, 6.07) is 9.01. The van der Waals surface area contributed by atoms with Gasteiger partial charge in [0.15, 0.2) is 5.96 Å². The number of hydrogen-bond donors (Lipinski definition) is 2. The fourth-order valence-corrected chi connectivity index (χ4v) is 3.16. The highest BCUT2D eigenvalue weighted by Gasteiger charge is 2.14. The molecule has 1 aromatic carbocycles. The minimum atomic E-state index is 0. The lowest BCUT2D eigenvalue weighted by Gasteiger charge is -2.20. The Morgan fingerprint density at radius 1 is 1.15 bits per heavy atom. The van der Waals surface area contributed by atoms with Crippen molar-refractivity contribution in [3.63, 3.8) is 0 Å². The minimum absolute atomic E-state index is 0. The molecule has 0 radical (unpaired) electrons. The lowest BCUT2D eigenvalue weighted by atomic mass is 10.0. The maximum absolute atomic E-state index is 4.51. The van der Waals surface area contributed by atoms with Gasteiger partial charge in [-0.15, -0.1) is 24.0 Å². The largest absolute Gasteiger partial charge is 0.356 e. The highest BCUT2D eigenvalue weighted by atomic mass is 127. The molecule has 0 saturated carbocycles. The zero-order valence-corrected chi connectivity index (χ0v) is 20.0. The maximum Gasteiger partial charge on any atom is 0.191 e. The third-order valence-corrected chi connectivity index (χ3v) is 5.00. The number of nitrogens with zero attached hydrogens (tertiary/aromatic N) is 3. The van der Waals surface area contributed by atoms with E-state index in [2.05, 4.69) is 79.6 Å². The van der Waals surface area contributed by atoms with Gasteiger partial charge in [-0.2, -0.15) is 5.10 Å². The van der Waals surface area contributed by atoms with E-state index in [1.54, 1.807) is 0 Å². The third-order valence-electron chi connectivity index (χ3n) is 5.00. The van der Waals surface area contributed by atoms with Crippen LogP contribution in [0, 0.1) is 20.8 Å². The van der Waals surface area contributed by atoms with Crippen LogP contribution in [0.2, 0.25) is 0 Å². The van der Waals surface area contributed by atoms with Gasteiger partial charge in [-0.1, -0.05) is 36.8 Å². The molecule has 0 bridgehead atoms. The van der Waals surface area contributed by atoms with Crippen molar-refractivity contribution in [1.82, 2.24) is 20.4 Å². The van der Waals surface area contributed by atoms with Gasteiger partial charge in [0.05, 0.1) is 5.69 Å². The molecule has 1 heterocycles. The van der Waals surface area contributed by atoms with Gasteiger partial charge in [0.2, 0.25) is 0 Å². The zero-order chi connectivity index (χ0) is 19.3. The molecule has 0 saturated heterocycles. The van der Waals surface area contributed by atoms with Crippen molar-refractivity contribution in [3.05, 3.63) is 52.3 Å². The maximum atomic E-state index is 4.51. The smallest absolute Gasteiger partial charge is 0.191 e. The molecule has 2 rings (SSSR count). The van der Waals surface area contributed by atoms with Crippen LogP contribution in [0.15, 0.2) is 29.3 Å². The number of aliphatic imine (C=N–C) groups is 1. The van der Waals surface area contributed by atoms with E-state index in [9.17, 15) is 0 Å². The molecule has 1 aromatic heterocycles. The number of rotatable bonds is 6. The predicted molar refractivity (Wildman–Crippen MR) is 125 cm³/mol. The van der Waals surface area contributed by atoms with E-state index in [1.165, 1.54) is 22.4 Å². The predicted octanol–water partition coefficient (Wildman–Crippen LogP) is 3.86. The van der Waals surface area contributed by atoms with Gasteiger partial charge in [0, 0.05) is 32.4 Å². The summed E-state index contributed by atoms with van der Waals surface area (Å²) in [7, 11) is 3.82. The van der Waals surface area contributed by atoms with Gasteiger partial charge in [-0.3, -0.25) is 9.67 Å². The zero-order valence-electron chi connectivity index (χ0n) is 17.6. The van der Waals surface area contributed by atoms with E-state index in [0.717, 1.165) is 24.6 Å². The summed E-state index contributed by atoms with van der Waals surface area (Å²) >= 11 is 0. The van der Waals surface area contributed by atoms with Crippen molar-refractivity contribution in [2.45, 2.75) is 53.0 Å². The topological polar surface area (TPSA) is 54.2 Å². The van der Waals surface area contributed by atoms with E-state index in [0.29, 0.717) is 5.92 Å². The SMILES string of the molecule is CN=C(NCC(C)c1ccc(C)cc1)NC(C)Cc1c(C)nn(C)c1C.I.